The summed E-state index contributed by atoms with van der Waals surface area (Å²) in [5.74, 6) is -1.42. The Kier molecular flexibility index (Phi) is 6.75. The van der Waals surface area contributed by atoms with Crippen LogP contribution in [0.4, 0.5) is 4.79 Å². The lowest BCUT2D eigenvalue weighted by Crippen LogP contribution is -2.45. The van der Waals surface area contributed by atoms with Crippen LogP contribution in [0.1, 0.15) is 34.1 Å². The number of hydrogen-bond donors (Lipinski definition) is 2. The highest BCUT2D eigenvalue weighted by Gasteiger charge is 2.26. The Hall–Kier alpha value is -2.05. The lowest BCUT2D eigenvalue weighted by Gasteiger charge is -2.23. The molecule has 0 unspecified atom stereocenters. The van der Waals surface area contributed by atoms with E-state index < -0.39 is 29.6 Å². The number of carbonyl (C=O) groups excluding carboxylic acids is 3. The minimum Gasteiger partial charge on any atom is -0.464 e. The predicted octanol–water partition coefficient (Wildman–Crippen LogP) is 0.874. The van der Waals surface area contributed by atoms with Crippen molar-refractivity contribution in [2.24, 2.45) is 5.73 Å². The van der Waals surface area contributed by atoms with Crippen molar-refractivity contribution in [1.29, 1.82) is 0 Å². The molecule has 0 aliphatic rings. The van der Waals surface area contributed by atoms with Gasteiger partial charge in [0.1, 0.15) is 11.6 Å². The zero-order valence-corrected chi connectivity index (χ0v) is 12.3. The monoisotopic (exact) mass is 286 g/mol. The van der Waals surface area contributed by atoms with Crippen LogP contribution in [0.5, 0.6) is 0 Å². The molecule has 0 rings (SSSR count). The predicted molar refractivity (Wildman–Crippen MR) is 72.7 cm³/mol. The molecule has 0 aromatic heterocycles. The van der Waals surface area contributed by atoms with E-state index >= 15 is 0 Å². The number of primary amides is 1. The van der Waals surface area contributed by atoms with Gasteiger partial charge in [0.15, 0.2) is 0 Å². The number of esters is 1. The summed E-state index contributed by atoms with van der Waals surface area (Å²) in [5.41, 5.74) is 4.37. The number of ether oxygens (including phenoxy) is 2. The molecule has 0 bridgehead atoms. The van der Waals surface area contributed by atoms with Crippen LogP contribution in [0.25, 0.3) is 0 Å². The van der Waals surface area contributed by atoms with Gasteiger partial charge in [-0.15, -0.1) is 0 Å². The Labute approximate surface area is 118 Å². The highest BCUT2D eigenvalue weighted by molar-refractivity contribution is 5.93. The highest BCUT2D eigenvalue weighted by Crippen LogP contribution is 2.09. The van der Waals surface area contributed by atoms with Gasteiger partial charge in [-0.3, -0.25) is 4.79 Å². The van der Waals surface area contributed by atoms with Gasteiger partial charge in [0, 0.05) is 12.0 Å². The second-order valence-electron chi connectivity index (χ2n) is 5.12. The molecule has 20 heavy (non-hydrogen) atoms. The fraction of sp³-hybridized carbons (Fsp3) is 0.615. The Balaban J connectivity index is 4.77. The third kappa shape index (κ3) is 7.40. The van der Waals surface area contributed by atoms with Crippen molar-refractivity contribution in [3.63, 3.8) is 0 Å². The van der Waals surface area contributed by atoms with E-state index in [1.807, 2.05) is 0 Å². The maximum atomic E-state index is 11.7. The van der Waals surface area contributed by atoms with E-state index in [0.29, 0.717) is 0 Å². The summed E-state index contributed by atoms with van der Waals surface area (Å²) in [7, 11) is 0. The van der Waals surface area contributed by atoms with Gasteiger partial charge in [0.25, 0.3) is 0 Å². The molecule has 0 fully saturated rings. The van der Waals surface area contributed by atoms with E-state index in [4.69, 9.17) is 15.2 Å². The van der Waals surface area contributed by atoms with Gasteiger partial charge in [-0.25, -0.2) is 9.59 Å². The highest BCUT2D eigenvalue weighted by atomic mass is 16.6. The molecule has 0 aromatic carbocycles. The van der Waals surface area contributed by atoms with Crippen LogP contribution in [0.3, 0.4) is 0 Å². The van der Waals surface area contributed by atoms with Crippen LogP contribution in [0, 0.1) is 0 Å². The fourth-order valence-electron chi connectivity index (χ4n) is 1.23. The Morgan fingerprint density at radius 2 is 1.85 bits per heavy atom. The maximum absolute atomic E-state index is 11.7. The van der Waals surface area contributed by atoms with Gasteiger partial charge in [0.2, 0.25) is 5.91 Å². The lowest BCUT2D eigenvalue weighted by molar-refractivity contribution is -0.145. The molecule has 114 valence electrons. The molecule has 0 spiro atoms. The van der Waals surface area contributed by atoms with Crippen molar-refractivity contribution in [3.8, 4) is 0 Å². The summed E-state index contributed by atoms with van der Waals surface area (Å²) in [4.78, 5) is 34.3. The van der Waals surface area contributed by atoms with E-state index in [2.05, 4.69) is 11.9 Å². The second-order valence-corrected chi connectivity index (χ2v) is 5.12. The first-order valence-corrected chi connectivity index (χ1v) is 6.20. The third-order valence-corrected chi connectivity index (χ3v) is 2.06. The Morgan fingerprint density at radius 1 is 1.30 bits per heavy atom. The van der Waals surface area contributed by atoms with Crippen LogP contribution in [-0.4, -0.2) is 36.2 Å². The lowest BCUT2D eigenvalue weighted by atomic mass is 10.1. The van der Waals surface area contributed by atoms with Crippen molar-refractivity contribution in [3.05, 3.63) is 12.2 Å². The molecule has 7 nitrogen and oxygen atoms in total. The third-order valence-electron chi connectivity index (χ3n) is 2.06. The second kappa shape index (κ2) is 7.52. The van der Waals surface area contributed by atoms with Gasteiger partial charge in [-0.1, -0.05) is 6.58 Å². The van der Waals surface area contributed by atoms with Gasteiger partial charge in [0.05, 0.1) is 6.61 Å². The van der Waals surface area contributed by atoms with Crippen LogP contribution in [-0.2, 0) is 19.1 Å². The van der Waals surface area contributed by atoms with E-state index in [0.717, 1.165) is 0 Å². The van der Waals surface area contributed by atoms with Crippen LogP contribution >= 0.6 is 0 Å². The molecule has 0 aliphatic heterocycles. The number of amides is 2. The molecule has 0 heterocycles. The molecule has 0 saturated heterocycles. The van der Waals surface area contributed by atoms with E-state index in [-0.39, 0.29) is 18.6 Å². The van der Waals surface area contributed by atoms with Crippen molar-refractivity contribution in [2.45, 2.75) is 45.8 Å². The topological polar surface area (TPSA) is 108 Å². The molecule has 0 aromatic rings. The summed E-state index contributed by atoms with van der Waals surface area (Å²) in [6.07, 6.45) is -0.916. The first-order chi connectivity index (χ1) is 9.06. The summed E-state index contributed by atoms with van der Waals surface area (Å²) in [5, 5.41) is 2.34. The standard InChI is InChI=1S/C13H22N2O5/c1-6-19-11(17)9(7-8(2)10(14)16)15-12(18)20-13(3,4)5/h9H,2,6-7H2,1,3-5H3,(H2,14,16)(H,15,18)/t9-/m0/s1. The quantitative estimate of drug-likeness (QED) is 0.556. The number of rotatable bonds is 6. The Morgan fingerprint density at radius 3 is 2.25 bits per heavy atom. The average Bonchev–Trinajstić information content (AvgIpc) is 2.25. The molecular formula is C13H22N2O5. The molecule has 0 saturated carbocycles. The molecule has 1 atom stereocenters. The van der Waals surface area contributed by atoms with Crippen LogP contribution in [0.2, 0.25) is 0 Å². The first kappa shape index (κ1) is 17.9. The van der Waals surface area contributed by atoms with Gasteiger partial charge >= 0.3 is 12.1 Å². The largest absolute Gasteiger partial charge is 0.464 e. The minimum absolute atomic E-state index is 0.0131. The molecule has 3 N–H and O–H groups in total. The number of nitrogens with two attached hydrogens (primary N) is 1. The normalized spacial score (nSPS) is 12.2. The fourth-order valence-corrected chi connectivity index (χ4v) is 1.23. The maximum Gasteiger partial charge on any atom is 0.408 e. The first-order valence-electron chi connectivity index (χ1n) is 6.20. The molecular weight excluding hydrogens is 264 g/mol. The van der Waals surface area contributed by atoms with E-state index in [9.17, 15) is 14.4 Å². The van der Waals surface area contributed by atoms with E-state index in [1.165, 1.54) is 0 Å². The number of carbonyl (C=O) groups is 3. The molecule has 2 amide bonds. The van der Waals surface area contributed by atoms with Crippen molar-refractivity contribution in [2.75, 3.05) is 6.61 Å². The molecule has 0 radical (unpaired) electrons. The zero-order chi connectivity index (χ0) is 15.9. The van der Waals surface area contributed by atoms with Crippen LogP contribution in [0.15, 0.2) is 12.2 Å². The van der Waals surface area contributed by atoms with Gasteiger partial charge < -0.3 is 20.5 Å². The van der Waals surface area contributed by atoms with Crippen LogP contribution < -0.4 is 11.1 Å². The number of nitrogens with one attached hydrogen (secondary N) is 1. The van der Waals surface area contributed by atoms with Gasteiger partial charge in [-0.2, -0.15) is 0 Å². The smallest absolute Gasteiger partial charge is 0.408 e. The summed E-state index contributed by atoms with van der Waals surface area (Å²) in [6.45, 7) is 10.3. The zero-order valence-electron chi connectivity index (χ0n) is 12.3. The molecule has 0 aliphatic carbocycles. The summed E-state index contributed by atoms with van der Waals surface area (Å²) < 4.78 is 9.85. The van der Waals surface area contributed by atoms with Crippen molar-refractivity contribution >= 4 is 18.0 Å². The SMILES string of the molecule is C=C(C[C@H](NC(=O)OC(C)(C)C)C(=O)OCC)C(N)=O. The Bertz CT molecular complexity index is 398. The average molecular weight is 286 g/mol. The van der Waals surface area contributed by atoms with Gasteiger partial charge in [-0.05, 0) is 27.7 Å². The van der Waals surface area contributed by atoms with Crippen molar-refractivity contribution < 1.29 is 23.9 Å². The summed E-state index contributed by atoms with van der Waals surface area (Å²) >= 11 is 0. The van der Waals surface area contributed by atoms with E-state index in [1.54, 1.807) is 27.7 Å². The number of hydrogen-bond acceptors (Lipinski definition) is 5. The van der Waals surface area contributed by atoms with Crippen molar-refractivity contribution in [1.82, 2.24) is 5.32 Å². The summed E-state index contributed by atoms with van der Waals surface area (Å²) in [6, 6.07) is -1.07. The minimum atomic E-state index is -1.07. The number of alkyl carbamates (subject to hydrolysis) is 1. The molecule has 7 heteroatoms.